The number of benzene rings is 1. The Balaban J connectivity index is 1.47. The highest BCUT2D eigenvalue weighted by molar-refractivity contribution is 9.10. The molecule has 1 N–H and O–H groups in total. The molecule has 8 nitrogen and oxygen atoms in total. The van der Waals surface area contributed by atoms with E-state index in [1.807, 2.05) is 6.92 Å². The molecule has 0 atom stereocenters. The zero-order chi connectivity index (χ0) is 22.7. The number of halogens is 2. The van der Waals surface area contributed by atoms with Gasteiger partial charge < -0.3 is 19.5 Å². The molecule has 170 valence electrons. The molecule has 2 aromatic heterocycles. The van der Waals surface area contributed by atoms with Crippen LogP contribution in [0.15, 0.2) is 22.7 Å². The number of aromatic nitrogens is 3. The zero-order valence-corrected chi connectivity index (χ0v) is 19.8. The first kappa shape index (κ1) is 22.7. The van der Waals surface area contributed by atoms with E-state index in [4.69, 9.17) is 14.6 Å². The predicted molar refractivity (Wildman–Crippen MR) is 122 cm³/mol. The maximum absolute atomic E-state index is 13.5. The number of thiazole rings is 1. The van der Waals surface area contributed by atoms with Gasteiger partial charge in [-0.25, -0.2) is 9.37 Å². The molecule has 1 aliphatic rings. The van der Waals surface area contributed by atoms with Crippen molar-refractivity contribution in [1.29, 1.82) is 0 Å². The predicted octanol–water partition coefficient (Wildman–Crippen LogP) is 4.45. The largest absolute Gasteiger partial charge is 0.489 e. The van der Waals surface area contributed by atoms with Gasteiger partial charge in [-0.15, -0.1) is 0 Å². The van der Waals surface area contributed by atoms with Crippen LogP contribution in [0.3, 0.4) is 0 Å². The number of aliphatic carboxylic acids is 1. The number of carboxylic acids is 1. The van der Waals surface area contributed by atoms with Crippen molar-refractivity contribution in [2.24, 2.45) is 0 Å². The highest BCUT2D eigenvalue weighted by Gasteiger charge is 2.25. The molecule has 11 heteroatoms. The molecular formula is C21H22BrFN4O4S. The topological polar surface area (TPSA) is 97.7 Å². The first-order valence-corrected chi connectivity index (χ1v) is 11.9. The lowest BCUT2D eigenvalue weighted by atomic mass is 10.1. The summed E-state index contributed by atoms with van der Waals surface area (Å²) in [4.78, 5) is 26.6. The van der Waals surface area contributed by atoms with Gasteiger partial charge in [0, 0.05) is 38.4 Å². The number of hydrogen-bond donors (Lipinski definition) is 1. The van der Waals surface area contributed by atoms with Gasteiger partial charge in [0.15, 0.2) is 10.8 Å². The van der Waals surface area contributed by atoms with Crippen LogP contribution in [0.4, 0.5) is 9.52 Å². The number of ether oxygens (including phenoxy) is 2. The molecule has 0 radical (unpaired) electrons. The second-order valence-corrected chi connectivity index (χ2v) is 9.13. The number of piperidine rings is 1. The van der Waals surface area contributed by atoms with Crippen molar-refractivity contribution >= 4 is 48.7 Å². The number of hydrogen-bond acceptors (Lipinski definition) is 8. The van der Waals surface area contributed by atoms with Crippen LogP contribution < -0.4 is 14.4 Å². The van der Waals surface area contributed by atoms with Crippen LogP contribution in [0.1, 0.15) is 32.0 Å². The Morgan fingerprint density at radius 1 is 1.31 bits per heavy atom. The number of rotatable bonds is 8. The number of nitrogens with zero attached hydrogens (tertiary/aromatic N) is 4. The average molecular weight is 525 g/mol. The smallest absolute Gasteiger partial charge is 0.303 e. The van der Waals surface area contributed by atoms with E-state index in [0.29, 0.717) is 29.7 Å². The summed E-state index contributed by atoms with van der Waals surface area (Å²) in [6.45, 7) is 3.78. The molecule has 3 aromatic rings. The van der Waals surface area contributed by atoms with E-state index >= 15 is 0 Å². The van der Waals surface area contributed by atoms with Crippen molar-refractivity contribution in [3.8, 4) is 11.6 Å². The van der Waals surface area contributed by atoms with Crippen LogP contribution >= 0.6 is 27.3 Å². The minimum Gasteiger partial charge on any atom is -0.489 e. The summed E-state index contributed by atoms with van der Waals surface area (Å²) in [5.74, 6) is 0.128. The molecule has 0 bridgehead atoms. The number of carbonyl (C=O) groups is 1. The molecule has 1 aliphatic heterocycles. The van der Waals surface area contributed by atoms with Gasteiger partial charge in [-0.2, -0.15) is 9.97 Å². The first-order valence-electron chi connectivity index (χ1n) is 10.3. The third kappa shape index (κ3) is 5.26. The van der Waals surface area contributed by atoms with Crippen molar-refractivity contribution in [1.82, 2.24) is 15.0 Å². The molecule has 0 saturated carbocycles. The normalized spacial score (nSPS) is 14.7. The summed E-state index contributed by atoms with van der Waals surface area (Å²) in [5, 5.41) is 9.76. The van der Waals surface area contributed by atoms with E-state index in [0.717, 1.165) is 40.2 Å². The van der Waals surface area contributed by atoms with E-state index in [-0.39, 0.29) is 24.8 Å². The fourth-order valence-electron chi connectivity index (χ4n) is 3.44. The Labute approximate surface area is 196 Å². The van der Waals surface area contributed by atoms with Gasteiger partial charge in [0.25, 0.3) is 0 Å². The molecule has 0 amide bonds. The number of carboxylic acid groups (broad SMARTS) is 1. The third-order valence-electron chi connectivity index (χ3n) is 5.00. The van der Waals surface area contributed by atoms with Gasteiger partial charge in [0.2, 0.25) is 5.88 Å². The van der Waals surface area contributed by atoms with E-state index in [1.165, 1.54) is 23.5 Å². The quantitative estimate of drug-likeness (QED) is 0.461. The van der Waals surface area contributed by atoms with Gasteiger partial charge in [0.05, 0.1) is 17.5 Å². The zero-order valence-electron chi connectivity index (χ0n) is 17.4. The first-order chi connectivity index (χ1) is 15.4. The monoisotopic (exact) mass is 524 g/mol. The van der Waals surface area contributed by atoms with Crippen LogP contribution in [0.5, 0.6) is 11.6 Å². The van der Waals surface area contributed by atoms with E-state index in [1.54, 1.807) is 6.07 Å². The second kappa shape index (κ2) is 9.95. The molecule has 3 heterocycles. The molecular weight excluding hydrogens is 503 g/mol. The van der Waals surface area contributed by atoms with Gasteiger partial charge in [-0.05, 0) is 35.0 Å². The standard InChI is InChI=1S/C21H22BrFN4O4S/c1-2-30-20-18-19(24-16(25-20)5-6-17(28)29)26-21(32-18)27-9-7-13(8-10-27)31-15-11-12(23)3-4-14(15)22/h3-4,11,13H,2,5-10H2,1H3,(H,28,29). The summed E-state index contributed by atoms with van der Waals surface area (Å²) >= 11 is 4.87. The maximum Gasteiger partial charge on any atom is 0.303 e. The molecule has 4 rings (SSSR count). The van der Waals surface area contributed by atoms with Crippen molar-refractivity contribution in [2.45, 2.75) is 38.7 Å². The van der Waals surface area contributed by atoms with Crippen LogP contribution in [0, 0.1) is 5.82 Å². The molecule has 0 unspecified atom stereocenters. The minimum atomic E-state index is -0.902. The van der Waals surface area contributed by atoms with Crippen LogP contribution in [-0.4, -0.2) is 51.8 Å². The van der Waals surface area contributed by atoms with Crippen molar-refractivity contribution in [3.63, 3.8) is 0 Å². The van der Waals surface area contributed by atoms with E-state index in [9.17, 15) is 9.18 Å². The fraction of sp³-hybridized carbons (Fsp3) is 0.429. The van der Waals surface area contributed by atoms with Crippen LogP contribution in [-0.2, 0) is 11.2 Å². The number of fused-ring (bicyclic) bond motifs is 1. The highest BCUT2D eigenvalue weighted by atomic mass is 79.9. The molecule has 1 saturated heterocycles. The fourth-order valence-corrected chi connectivity index (χ4v) is 4.78. The van der Waals surface area contributed by atoms with Gasteiger partial charge >= 0.3 is 5.97 Å². The van der Waals surface area contributed by atoms with E-state index < -0.39 is 5.97 Å². The third-order valence-corrected chi connectivity index (χ3v) is 6.75. The molecule has 32 heavy (non-hydrogen) atoms. The molecule has 0 spiro atoms. The SMILES string of the molecule is CCOc1nc(CCC(=O)O)nc2nc(N3CCC(Oc4cc(F)ccc4Br)CC3)sc12. The molecule has 1 fully saturated rings. The van der Waals surface area contributed by atoms with Gasteiger partial charge in [0.1, 0.15) is 28.2 Å². The molecule has 1 aromatic carbocycles. The van der Waals surface area contributed by atoms with Crippen molar-refractivity contribution in [3.05, 3.63) is 34.3 Å². The molecule has 0 aliphatic carbocycles. The number of aryl methyl sites for hydroxylation is 1. The Bertz CT molecular complexity index is 1120. The second-order valence-electron chi connectivity index (χ2n) is 7.30. The lowest BCUT2D eigenvalue weighted by molar-refractivity contribution is -0.137. The Kier molecular flexibility index (Phi) is 7.04. The summed E-state index contributed by atoms with van der Waals surface area (Å²) < 4.78 is 26.7. The van der Waals surface area contributed by atoms with Crippen molar-refractivity contribution < 1.29 is 23.8 Å². The van der Waals surface area contributed by atoms with Crippen LogP contribution in [0.2, 0.25) is 0 Å². The summed E-state index contributed by atoms with van der Waals surface area (Å²) in [5.41, 5.74) is 0.519. The Morgan fingerprint density at radius 2 is 2.09 bits per heavy atom. The lowest BCUT2D eigenvalue weighted by Crippen LogP contribution is -2.38. The van der Waals surface area contributed by atoms with Crippen molar-refractivity contribution in [2.75, 3.05) is 24.6 Å². The lowest BCUT2D eigenvalue weighted by Gasteiger charge is -2.32. The van der Waals surface area contributed by atoms with Crippen LogP contribution in [0.25, 0.3) is 10.3 Å². The summed E-state index contributed by atoms with van der Waals surface area (Å²) in [6.07, 6.45) is 1.69. The maximum atomic E-state index is 13.5. The minimum absolute atomic E-state index is 0.0138. The Morgan fingerprint density at radius 3 is 2.81 bits per heavy atom. The van der Waals surface area contributed by atoms with Gasteiger partial charge in [-0.3, -0.25) is 4.79 Å². The Hall–Kier alpha value is -2.53. The highest BCUT2D eigenvalue weighted by Crippen LogP contribution is 2.35. The summed E-state index contributed by atoms with van der Waals surface area (Å²) in [6, 6.07) is 4.42. The number of anilines is 1. The van der Waals surface area contributed by atoms with E-state index in [2.05, 4.69) is 35.8 Å². The summed E-state index contributed by atoms with van der Waals surface area (Å²) in [7, 11) is 0. The van der Waals surface area contributed by atoms with Gasteiger partial charge in [-0.1, -0.05) is 11.3 Å². The average Bonchev–Trinajstić information content (AvgIpc) is 3.20.